The van der Waals surface area contributed by atoms with Crippen molar-refractivity contribution < 1.29 is 33.9 Å². The van der Waals surface area contributed by atoms with E-state index in [-0.39, 0.29) is 12.8 Å². The minimum absolute atomic E-state index is 0.000469. The lowest BCUT2D eigenvalue weighted by molar-refractivity contribution is -0.143. The maximum absolute atomic E-state index is 13.3. The SMILES string of the molecule is NC(=O)CC(N)C(=O)NC(Cc1ccccc1)C(=O)NC(Cc1cnc[nH]1)C(=O)NC(CC(N)=O)C(=O)O. The number of rotatable bonds is 15. The number of aliphatic carboxylic acids is 1. The molecule has 4 unspecified atom stereocenters. The summed E-state index contributed by atoms with van der Waals surface area (Å²) in [7, 11) is 0. The lowest BCUT2D eigenvalue weighted by atomic mass is 10.0. The Balaban J connectivity index is 2.27. The van der Waals surface area contributed by atoms with Crippen LogP contribution in [-0.2, 0) is 41.6 Å². The fraction of sp³-hybridized carbons (Fsp3) is 0.348. The number of hydrogen-bond acceptors (Lipinski definition) is 8. The number of primary amides is 2. The third-order valence-corrected chi connectivity index (χ3v) is 5.31. The monoisotopic (exact) mass is 530 g/mol. The van der Waals surface area contributed by atoms with Crippen molar-refractivity contribution in [2.75, 3.05) is 0 Å². The average molecular weight is 531 g/mol. The zero-order valence-corrected chi connectivity index (χ0v) is 20.3. The molecular weight excluding hydrogens is 500 g/mol. The van der Waals surface area contributed by atoms with E-state index in [1.807, 2.05) is 0 Å². The van der Waals surface area contributed by atoms with Crippen molar-refractivity contribution in [2.24, 2.45) is 17.2 Å². The number of H-pyrrole nitrogens is 1. The second kappa shape index (κ2) is 14.1. The van der Waals surface area contributed by atoms with Crippen LogP contribution in [-0.4, -0.2) is 74.7 Å². The Kier molecular flexibility index (Phi) is 10.9. The van der Waals surface area contributed by atoms with E-state index in [1.165, 1.54) is 12.5 Å². The van der Waals surface area contributed by atoms with Gasteiger partial charge in [-0.3, -0.25) is 24.0 Å². The number of benzene rings is 1. The summed E-state index contributed by atoms with van der Waals surface area (Å²) in [6, 6.07) is 3.12. The molecule has 11 N–H and O–H groups in total. The minimum Gasteiger partial charge on any atom is -0.480 e. The number of aromatic nitrogens is 2. The van der Waals surface area contributed by atoms with Crippen LogP contribution in [0.1, 0.15) is 24.1 Å². The third kappa shape index (κ3) is 9.69. The quantitative estimate of drug-likeness (QED) is 0.115. The Morgan fingerprint density at radius 3 is 1.89 bits per heavy atom. The van der Waals surface area contributed by atoms with Crippen molar-refractivity contribution in [2.45, 2.75) is 49.9 Å². The first kappa shape index (κ1) is 29.4. The lowest BCUT2D eigenvalue weighted by Gasteiger charge is -2.25. The van der Waals surface area contributed by atoms with Crippen molar-refractivity contribution in [1.82, 2.24) is 25.9 Å². The van der Waals surface area contributed by atoms with Gasteiger partial charge in [-0.05, 0) is 5.56 Å². The Morgan fingerprint density at radius 1 is 0.816 bits per heavy atom. The molecular formula is C23H30N8O7. The molecule has 0 radical (unpaired) electrons. The highest BCUT2D eigenvalue weighted by atomic mass is 16.4. The predicted molar refractivity (Wildman–Crippen MR) is 131 cm³/mol. The third-order valence-electron chi connectivity index (χ3n) is 5.31. The number of aromatic amines is 1. The molecule has 1 heterocycles. The molecule has 15 nitrogen and oxygen atoms in total. The number of hydrogen-bond donors (Lipinski definition) is 8. The summed E-state index contributed by atoms with van der Waals surface area (Å²) in [6.45, 7) is 0. The Labute approximate surface area is 216 Å². The van der Waals surface area contributed by atoms with Crippen LogP contribution in [0.4, 0.5) is 0 Å². The molecule has 0 spiro atoms. The Morgan fingerprint density at radius 2 is 1.37 bits per heavy atom. The van der Waals surface area contributed by atoms with Crippen LogP contribution in [0.2, 0.25) is 0 Å². The standard InChI is InChI=1S/C23H30N8O7/c24-14(8-18(25)32)20(34)29-15(6-12-4-2-1-3-5-12)21(35)30-16(7-13-10-27-11-28-13)22(36)31-17(23(37)38)9-19(26)33/h1-5,10-11,14-17H,6-9,24H2,(H2,25,32)(H2,26,33)(H,27,28)(H,29,34)(H,30,35)(H,31,36)(H,37,38). The summed E-state index contributed by atoms with van der Waals surface area (Å²) in [5.41, 5.74) is 17.0. The highest BCUT2D eigenvalue weighted by molar-refractivity contribution is 5.95. The molecule has 0 aliphatic heterocycles. The zero-order chi connectivity index (χ0) is 28.2. The molecule has 0 aliphatic carbocycles. The van der Waals surface area contributed by atoms with E-state index in [4.69, 9.17) is 17.2 Å². The maximum Gasteiger partial charge on any atom is 0.326 e. The average Bonchev–Trinajstić information content (AvgIpc) is 3.35. The number of carboxylic acid groups (broad SMARTS) is 1. The van der Waals surface area contributed by atoms with Crippen molar-refractivity contribution in [3.63, 3.8) is 0 Å². The molecule has 1 aromatic carbocycles. The highest BCUT2D eigenvalue weighted by Gasteiger charge is 2.31. The van der Waals surface area contributed by atoms with Crippen LogP contribution in [0.5, 0.6) is 0 Å². The number of carboxylic acids is 1. The Bertz CT molecular complexity index is 1140. The van der Waals surface area contributed by atoms with Crippen molar-refractivity contribution in [3.8, 4) is 0 Å². The molecule has 0 saturated carbocycles. The van der Waals surface area contributed by atoms with Crippen molar-refractivity contribution >= 4 is 35.5 Å². The van der Waals surface area contributed by atoms with Gasteiger partial charge in [0.25, 0.3) is 0 Å². The van der Waals surface area contributed by atoms with Gasteiger partial charge in [-0.1, -0.05) is 30.3 Å². The molecule has 2 rings (SSSR count). The van der Waals surface area contributed by atoms with Gasteiger partial charge in [-0.15, -0.1) is 0 Å². The molecule has 1 aromatic heterocycles. The molecule has 0 saturated heterocycles. The molecule has 0 fully saturated rings. The van der Waals surface area contributed by atoms with E-state index in [0.717, 1.165) is 0 Å². The topological polar surface area (TPSA) is 265 Å². The number of carbonyl (C=O) groups excluding carboxylic acids is 5. The van der Waals surface area contributed by atoms with Crippen LogP contribution in [0.15, 0.2) is 42.9 Å². The fourth-order valence-electron chi connectivity index (χ4n) is 3.42. The molecule has 38 heavy (non-hydrogen) atoms. The first-order valence-electron chi connectivity index (χ1n) is 11.4. The van der Waals surface area contributed by atoms with E-state index >= 15 is 0 Å². The maximum atomic E-state index is 13.3. The van der Waals surface area contributed by atoms with Crippen LogP contribution in [0.3, 0.4) is 0 Å². The number of amides is 5. The van der Waals surface area contributed by atoms with E-state index in [1.54, 1.807) is 30.3 Å². The van der Waals surface area contributed by atoms with Gasteiger partial charge in [0.15, 0.2) is 0 Å². The number of nitrogens with zero attached hydrogens (tertiary/aromatic N) is 1. The van der Waals surface area contributed by atoms with Gasteiger partial charge in [-0.25, -0.2) is 9.78 Å². The van der Waals surface area contributed by atoms with Gasteiger partial charge < -0.3 is 43.2 Å². The van der Waals surface area contributed by atoms with Crippen LogP contribution in [0, 0.1) is 0 Å². The number of nitrogens with two attached hydrogens (primary N) is 3. The summed E-state index contributed by atoms with van der Waals surface area (Å²) in [5, 5.41) is 16.5. The summed E-state index contributed by atoms with van der Waals surface area (Å²) < 4.78 is 0. The van der Waals surface area contributed by atoms with Crippen LogP contribution < -0.4 is 33.2 Å². The summed E-state index contributed by atoms with van der Waals surface area (Å²) >= 11 is 0. The molecule has 4 atom stereocenters. The predicted octanol–water partition coefficient (Wildman–Crippen LogP) is -3.19. The van der Waals surface area contributed by atoms with Gasteiger partial charge in [0.05, 0.1) is 25.2 Å². The van der Waals surface area contributed by atoms with Crippen molar-refractivity contribution in [1.29, 1.82) is 0 Å². The zero-order valence-electron chi connectivity index (χ0n) is 20.3. The van der Waals surface area contributed by atoms with Crippen LogP contribution >= 0.6 is 0 Å². The van der Waals surface area contributed by atoms with Crippen molar-refractivity contribution in [3.05, 3.63) is 54.1 Å². The summed E-state index contributed by atoms with van der Waals surface area (Å²) in [6.07, 6.45) is 1.49. The lowest BCUT2D eigenvalue weighted by Crippen LogP contribution is -2.58. The molecule has 0 aliphatic rings. The number of carbonyl (C=O) groups is 6. The molecule has 2 aromatic rings. The van der Waals surface area contributed by atoms with E-state index in [0.29, 0.717) is 11.3 Å². The van der Waals surface area contributed by atoms with Gasteiger partial charge >= 0.3 is 5.97 Å². The van der Waals surface area contributed by atoms with Gasteiger partial charge in [-0.2, -0.15) is 0 Å². The molecule has 5 amide bonds. The van der Waals surface area contributed by atoms with E-state index in [9.17, 15) is 33.9 Å². The summed E-state index contributed by atoms with van der Waals surface area (Å²) in [4.78, 5) is 79.4. The van der Waals surface area contributed by atoms with E-state index in [2.05, 4.69) is 25.9 Å². The molecule has 15 heteroatoms. The fourth-order valence-corrected chi connectivity index (χ4v) is 3.42. The Hall–Kier alpha value is -4.79. The smallest absolute Gasteiger partial charge is 0.326 e. The second-order valence-electron chi connectivity index (χ2n) is 8.44. The number of imidazole rings is 1. The minimum atomic E-state index is -1.63. The van der Waals surface area contributed by atoms with Crippen LogP contribution in [0.25, 0.3) is 0 Å². The second-order valence-corrected chi connectivity index (χ2v) is 8.44. The van der Waals surface area contributed by atoms with E-state index < -0.39 is 72.5 Å². The first-order chi connectivity index (χ1) is 18.0. The van der Waals surface area contributed by atoms with Gasteiger partial charge in [0.2, 0.25) is 29.5 Å². The molecule has 204 valence electrons. The van der Waals surface area contributed by atoms with Gasteiger partial charge in [0.1, 0.15) is 18.1 Å². The largest absolute Gasteiger partial charge is 0.480 e. The summed E-state index contributed by atoms with van der Waals surface area (Å²) in [5.74, 6) is -5.79. The van der Waals surface area contributed by atoms with Gasteiger partial charge in [0, 0.05) is 24.7 Å². The highest BCUT2D eigenvalue weighted by Crippen LogP contribution is 2.07. The number of nitrogens with one attached hydrogen (secondary N) is 4. The molecule has 0 bridgehead atoms. The first-order valence-corrected chi connectivity index (χ1v) is 11.4. The normalized spacial score (nSPS) is 13.8.